The summed E-state index contributed by atoms with van der Waals surface area (Å²) in [7, 11) is 19.3. The van der Waals surface area contributed by atoms with Crippen LogP contribution in [0.15, 0.2) is 30.3 Å². The molecular weight excluding hydrogens is 922 g/mol. The van der Waals surface area contributed by atoms with Gasteiger partial charge in [0.2, 0.25) is 0 Å². The monoisotopic (exact) mass is 997 g/mol. The summed E-state index contributed by atoms with van der Waals surface area (Å²) in [4.78, 5) is 0. The van der Waals surface area contributed by atoms with Gasteiger partial charge in [-0.05, 0) is 154 Å². The Kier molecular flexibility index (Phi) is 29.4. The third-order valence-electron chi connectivity index (χ3n) is 13.3. The molecule has 300 valence electrons. The van der Waals surface area contributed by atoms with Crippen molar-refractivity contribution in [2.24, 2.45) is 0 Å². The molecule has 0 saturated heterocycles. The van der Waals surface area contributed by atoms with Crippen molar-refractivity contribution >= 4 is 54.6 Å². The van der Waals surface area contributed by atoms with Crippen LogP contribution < -0.4 is 0 Å². The van der Waals surface area contributed by atoms with Crippen molar-refractivity contribution in [1.82, 2.24) is 0 Å². The number of halogens is 4. The molecule has 0 aliphatic heterocycles. The van der Waals surface area contributed by atoms with Gasteiger partial charge in [-0.1, -0.05) is 44.6 Å². The predicted octanol–water partition coefficient (Wildman–Crippen LogP) is 17.0. The first-order valence-electron chi connectivity index (χ1n) is 21.4. The zero-order valence-corrected chi connectivity index (χ0v) is 40.5. The molecule has 1 aromatic rings. The van der Waals surface area contributed by atoms with Gasteiger partial charge in [0.1, 0.15) is 0 Å². The van der Waals surface area contributed by atoms with E-state index in [0.717, 1.165) is 5.56 Å². The minimum absolute atomic E-state index is 0.0465. The average molecular weight is 998 g/mol. The van der Waals surface area contributed by atoms with E-state index >= 15 is 0 Å². The molecule has 0 aromatic heterocycles. The van der Waals surface area contributed by atoms with Gasteiger partial charge in [-0.15, -0.1) is 12.1 Å². The van der Waals surface area contributed by atoms with Gasteiger partial charge in [0, 0.05) is 15.8 Å². The van der Waals surface area contributed by atoms with E-state index in [1.807, 2.05) is 30.3 Å². The Balaban J connectivity index is 0.000000206. The molecule has 0 amide bonds. The van der Waals surface area contributed by atoms with Gasteiger partial charge in [0.15, 0.2) is 0 Å². The topological polar surface area (TPSA) is 0 Å². The molecule has 6 saturated carbocycles. The Morgan fingerprint density at radius 2 is 0.529 bits per heavy atom. The molecule has 6 fully saturated rings. The zero-order chi connectivity index (χ0) is 36.4. The van der Waals surface area contributed by atoms with Crippen molar-refractivity contribution in [3.8, 4) is 0 Å². The van der Waals surface area contributed by atoms with Crippen LogP contribution in [-0.2, 0) is 30.3 Å². The molecule has 7 rings (SSSR count). The van der Waals surface area contributed by atoms with E-state index < -0.39 is 0 Å². The molecule has 51 heavy (non-hydrogen) atoms. The minimum atomic E-state index is -0.346. The van der Waals surface area contributed by atoms with Crippen LogP contribution in [0.5, 0.6) is 0 Å². The fourth-order valence-electron chi connectivity index (χ4n) is 11.1. The van der Waals surface area contributed by atoms with Crippen LogP contribution in [0.2, 0.25) is 0 Å². The second kappa shape index (κ2) is 31.4. The first-order valence-corrected chi connectivity index (χ1v) is 33.8. The SMILES string of the molecule is C1CCC([PH+](C2CCCCC2)C2CCCCC2)CC1.C1CCC([PH+](C2CCCCC2)C2CCCCC2)CC1.[CH2-]c1ccccc1.[Cl][Ru][Cl].[Cl][Ru][Cl]. The Labute approximate surface area is 351 Å². The van der Waals surface area contributed by atoms with Gasteiger partial charge in [0.25, 0.3) is 0 Å². The Morgan fingerprint density at radius 3 is 0.667 bits per heavy atom. The van der Waals surface area contributed by atoms with Crippen LogP contribution in [0.4, 0.5) is 0 Å². The van der Waals surface area contributed by atoms with Crippen LogP contribution in [0.3, 0.4) is 0 Å². The van der Waals surface area contributed by atoms with E-state index in [1.165, 1.54) is 34.0 Å². The Morgan fingerprint density at radius 1 is 0.353 bits per heavy atom. The Bertz CT molecular complexity index is 768. The summed E-state index contributed by atoms with van der Waals surface area (Å²) in [6.07, 6.45) is 47.6. The number of hydrogen-bond acceptors (Lipinski definition) is 0. The quantitative estimate of drug-likeness (QED) is 0.151. The third kappa shape index (κ3) is 19.6. The van der Waals surface area contributed by atoms with E-state index in [1.54, 1.807) is 193 Å². The van der Waals surface area contributed by atoms with Gasteiger partial charge in [-0.2, -0.15) is 24.6 Å². The van der Waals surface area contributed by atoms with E-state index in [4.69, 9.17) is 38.8 Å². The maximum absolute atomic E-state index is 4.85. The zero-order valence-electron chi connectivity index (χ0n) is 32.0. The molecule has 0 unspecified atom stereocenters. The van der Waals surface area contributed by atoms with Crippen LogP contribution in [0, 0.1) is 6.92 Å². The standard InChI is InChI=1S/2C18H33P.C7H7.4ClH.2Ru/c2*1-4-10-16(11-5-1)19(17-12-6-2-7-13-17)18-14-8-3-9-15-18;1-7-5-3-2-4-6-7;;;;;;/h2*16-18H,1-15H2;2-6H,1H2;4*1H;;/q;;-1;;;;;2*+2/p-2. The van der Waals surface area contributed by atoms with Crippen molar-refractivity contribution in [3.63, 3.8) is 0 Å². The summed E-state index contributed by atoms with van der Waals surface area (Å²) in [6, 6.07) is 9.87. The normalized spacial score (nSPS) is 23.6. The predicted molar refractivity (Wildman–Crippen MR) is 232 cm³/mol. The summed E-state index contributed by atoms with van der Waals surface area (Å²) in [6.45, 7) is 3.72. The second-order valence-corrected chi connectivity index (χ2v) is 28.8. The van der Waals surface area contributed by atoms with Crippen LogP contribution in [0.25, 0.3) is 0 Å². The summed E-state index contributed by atoms with van der Waals surface area (Å²) in [5.74, 6) is 0. The van der Waals surface area contributed by atoms with Crippen molar-refractivity contribution in [2.45, 2.75) is 227 Å². The summed E-state index contributed by atoms with van der Waals surface area (Å²) < 4.78 is 0. The molecule has 0 N–H and O–H groups in total. The van der Waals surface area contributed by atoms with Crippen LogP contribution in [-0.4, -0.2) is 34.0 Å². The van der Waals surface area contributed by atoms with E-state index in [0.29, 0.717) is 0 Å². The average Bonchev–Trinajstić information content (AvgIpc) is 3.19. The molecule has 0 bridgehead atoms. The molecule has 0 heterocycles. The fourth-order valence-corrected chi connectivity index (χ4v) is 21.5. The number of hydrogen-bond donors (Lipinski definition) is 0. The number of benzene rings is 1. The molecule has 0 radical (unpaired) electrons. The molecule has 0 nitrogen and oxygen atoms in total. The molecule has 8 heteroatoms. The first kappa shape index (κ1) is 47.7. The van der Waals surface area contributed by atoms with Crippen LogP contribution >= 0.6 is 54.6 Å². The van der Waals surface area contributed by atoms with Crippen molar-refractivity contribution in [2.75, 3.05) is 0 Å². The van der Waals surface area contributed by atoms with Crippen LogP contribution in [0.1, 0.15) is 198 Å². The van der Waals surface area contributed by atoms with Gasteiger partial charge in [-0.3, -0.25) is 0 Å². The Hall–Kier alpha value is 2.36. The maximum atomic E-state index is 4.85. The van der Waals surface area contributed by atoms with Gasteiger partial charge < -0.3 is 0 Å². The van der Waals surface area contributed by atoms with Gasteiger partial charge >= 0.3 is 69.1 Å². The second-order valence-electron chi connectivity index (χ2n) is 16.6. The molecular formula is C43H75Cl4P2Ru2+. The molecule has 0 spiro atoms. The molecule has 1 aromatic carbocycles. The van der Waals surface area contributed by atoms with Crippen molar-refractivity contribution in [1.29, 1.82) is 0 Å². The summed E-state index contributed by atoms with van der Waals surface area (Å²) >= 11 is -0.691. The first-order chi connectivity index (χ1) is 25.1. The summed E-state index contributed by atoms with van der Waals surface area (Å²) in [5, 5.41) is 0. The van der Waals surface area contributed by atoms with E-state index in [9.17, 15) is 0 Å². The van der Waals surface area contributed by atoms with Gasteiger partial charge in [0.05, 0.1) is 34.0 Å². The fraction of sp³-hybridized carbons (Fsp3) is 0.837. The number of rotatable bonds is 6. The van der Waals surface area contributed by atoms with E-state index in [-0.39, 0.29) is 46.1 Å². The molecule has 6 aliphatic carbocycles. The summed E-state index contributed by atoms with van der Waals surface area (Å²) in [5.41, 5.74) is 8.43. The third-order valence-corrected chi connectivity index (χ3v) is 22.4. The van der Waals surface area contributed by atoms with E-state index in [2.05, 4.69) is 6.92 Å². The molecule has 0 atom stereocenters. The van der Waals surface area contributed by atoms with Crippen molar-refractivity contribution < 1.29 is 30.3 Å². The van der Waals surface area contributed by atoms with Gasteiger partial charge in [-0.25, -0.2) is 0 Å². The van der Waals surface area contributed by atoms with Crippen molar-refractivity contribution in [3.05, 3.63) is 42.8 Å². The molecule has 6 aliphatic rings.